The van der Waals surface area contributed by atoms with Crippen LogP contribution in [-0.4, -0.2) is 89.2 Å². The monoisotopic (exact) mass is 619 g/mol. The SMILES string of the molecule is CC(F)C(=O)N1CCN(c2nc(O[C@@H]3CC(=O)N(C)[C@@H]3C)nc3c2CCN(c2cccc4cccc(Cl)c24)C3)C[C@@H]1CC#N. The van der Waals surface area contributed by atoms with Gasteiger partial charge in [0.2, 0.25) is 5.91 Å². The highest BCUT2D eigenvalue weighted by atomic mass is 35.5. The number of alkyl halides is 1. The molecule has 0 radical (unpaired) electrons. The molecule has 3 aliphatic heterocycles. The number of likely N-dealkylation sites (tertiary alicyclic amines) is 1. The predicted molar refractivity (Wildman–Crippen MR) is 166 cm³/mol. The van der Waals surface area contributed by atoms with Gasteiger partial charge in [0.1, 0.15) is 11.9 Å². The Morgan fingerprint density at radius 1 is 1.18 bits per heavy atom. The van der Waals surface area contributed by atoms with E-state index in [1.54, 1.807) is 11.9 Å². The van der Waals surface area contributed by atoms with E-state index in [4.69, 9.17) is 26.3 Å². The molecule has 6 rings (SSSR count). The number of benzene rings is 2. The van der Waals surface area contributed by atoms with Gasteiger partial charge in [0.05, 0.1) is 48.3 Å². The summed E-state index contributed by atoms with van der Waals surface area (Å²) in [5.41, 5.74) is 2.79. The highest BCUT2D eigenvalue weighted by molar-refractivity contribution is 6.36. The zero-order chi connectivity index (χ0) is 31.1. The first-order valence-electron chi connectivity index (χ1n) is 15.0. The van der Waals surface area contributed by atoms with E-state index in [9.17, 15) is 19.2 Å². The highest BCUT2D eigenvalue weighted by Gasteiger charge is 2.38. The van der Waals surface area contributed by atoms with E-state index >= 15 is 0 Å². The number of halogens is 2. The quantitative estimate of drug-likeness (QED) is 0.406. The summed E-state index contributed by atoms with van der Waals surface area (Å²) in [5.74, 6) is 0.0863. The topological polar surface area (TPSA) is 106 Å². The zero-order valence-electron chi connectivity index (χ0n) is 25.0. The molecule has 2 fully saturated rings. The molecule has 0 saturated carbocycles. The summed E-state index contributed by atoms with van der Waals surface area (Å²) in [6.07, 6.45) is -1.08. The lowest BCUT2D eigenvalue weighted by atomic mass is 10.0. The number of fused-ring (bicyclic) bond motifs is 2. The molecule has 0 bridgehead atoms. The maximum atomic E-state index is 14.0. The van der Waals surface area contributed by atoms with Gasteiger partial charge in [-0.15, -0.1) is 0 Å². The Morgan fingerprint density at radius 2 is 1.95 bits per heavy atom. The van der Waals surface area contributed by atoms with Crippen molar-refractivity contribution in [1.29, 1.82) is 5.26 Å². The zero-order valence-corrected chi connectivity index (χ0v) is 25.8. The number of hydrogen-bond acceptors (Lipinski definition) is 8. The second kappa shape index (κ2) is 12.1. The molecule has 12 heteroatoms. The van der Waals surface area contributed by atoms with Crippen LogP contribution in [0.15, 0.2) is 36.4 Å². The van der Waals surface area contributed by atoms with E-state index in [2.05, 4.69) is 21.9 Å². The fraction of sp³-hybridized carbons (Fsp3) is 0.469. The van der Waals surface area contributed by atoms with Crippen LogP contribution < -0.4 is 14.5 Å². The van der Waals surface area contributed by atoms with Crippen LogP contribution in [0.2, 0.25) is 5.02 Å². The van der Waals surface area contributed by atoms with Gasteiger partial charge in [0, 0.05) is 49.9 Å². The van der Waals surface area contributed by atoms with Crippen LogP contribution in [0.25, 0.3) is 10.8 Å². The number of rotatable bonds is 6. The van der Waals surface area contributed by atoms with E-state index < -0.39 is 24.2 Å². The van der Waals surface area contributed by atoms with Gasteiger partial charge in [0.25, 0.3) is 5.91 Å². The van der Waals surface area contributed by atoms with Crippen molar-refractivity contribution in [3.8, 4) is 12.1 Å². The van der Waals surface area contributed by atoms with Crippen LogP contribution >= 0.6 is 11.6 Å². The molecule has 2 aromatic carbocycles. The van der Waals surface area contributed by atoms with Gasteiger partial charge < -0.3 is 24.3 Å². The van der Waals surface area contributed by atoms with Crippen LogP contribution in [0.5, 0.6) is 6.01 Å². The standard InChI is InChI=1S/C32H35ClFN7O3/c1-19(34)31(43)41-15-14-40(17-22(41)10-12-35)30-23-11-13-39(26-9-5-7-21-6-4-8-24(33)29(21)26)18-25(23)36-32(37-30)44-27-16-28(42)38(3)20(27)2/h4-9,19-20,22,27H,10-11,13-18H2,1-3H3/t19?,20-,22+,27-/m1/s1. The largest absolute Gasteiger partial charge is 0.457 e. The number of piperazine rings is 1. The van der Waals surface area contributed by atoms with Gasteiger partial charge >= 0.3 is 6.01 Å². The molecule has 0 spiro atoms. The fourth-order valence-corrected chi connectivity index (χ4v) is 6.81. The molecule has 0 aliphatic carbocycles. The van der Waals surface area contributed by atoms with Crippen molar-refractivity contribution in [3.63, 3.8) is 0 Å². The third-order valence-corrected chi connectivity index (χ3v) is 9.42. The van der Waals surface area contributed by atoms with Crippen molar-refractivity contribution >= 4 is 45.7 Å². The summed E-state index contributed by atoms with van der Waals surface area (Å²) >= 11 is 6.67. The average molecular weight is 620 g/mol. The molecule has 2 saturated heterocycles. The third kappa shape index (κ3) is 5.47. The van der Waals surface area contributed by atoms with Gasteiger partial charge in [0.15, 0.2) is 6.17 Å². The summed E-state index contributed by atoms with van der Waals surface area (Å²) in [7, 11) is 1.76. The highest BCUT2D eigenvalue weighted by Crippen LogP contribution is 2.37. The molecular weight excluding hydrogens is 585 g/mol. The Balaban J connectivity index is 1.37. The average Bonchev–Trinajstić information content (AvgIpc) is 3.26. The number of amides is 2. The lowest BCUT2D eigenvalue weighted by Gasteiger charge is -2.42. The van der Waals surface area contributed by atoms with E-state index in [1.807, 2.05) is 37.3 Å². The van der Waals surface area contributed by atoms with Crippen LogP contribution in [-0.2, 0) is 22.6 Å². The molecule has 1 aromatic heterocycles. The molecule has 10 nitrogen and oxygen atoms in total. The van der Waals surface area contributed by atoms with Gasteiger partial charge in [-0.1, -0.05) is 35.9 Å². The molecule has 4 heterocycles. The van der Waals surface area contributed by atoms with Gasteiger partial charge in [-0.25, -0.2) is 4.39 Å². The van der Waals surface area contributed by atoms with Crippen LogP contribution in [0, 0.1) is 11.3 Å². The number of anilines is 2. The van der Waals surface area contributed by atoms with Crippen molar-refractivity contribution < 1.29 is 18.7 Å². The molecule has 44 heavy (non-hydrogen) atoms. The summed E-state index contributed by atoms with van der Waals surface area (Å²) in [6, 6.07) is 13.7. The third-order valence-electron chi connectivity index (χ3n) is 9.10. The van der Waals surface area contributed by atoms with E-state index in [-0.39, 0.29) is 37.3 Å². The second-order valence-electron chi connectivity index (χ2n) is 11.8. The molecule has 3 aliphatic rings. The summed E-state index contributed by atoms with van der Waals surface area (Å²) in [5, 5.41) is 12.2. The Kier molecular flexibility index (Phi) is 8.20. The number of nitrogens with zero attached hydrogens (tertiary/aromatic N) is 7. The minimum absolute atomic E-state index is 0.00178. The molecule has 0 N–H and O–H groups in total. The molecular formula is C32H35ClFN7O3. The van der Waals surface area contributed by atoms with Gasteiger partial charge in [-0.2, -0.15) is 15.2 Å². The van der Waals surface area contributed by atoms with Crippen molar-refractivity contribution in [3.05, 3.63) is 52.7 Å². The number of likely N-dealkylation sites (N-methyl/N-ethyl adjacent to an activating group) is 1. The number of carbonyl (C=O) groups is 2. The first-order valence-corrected chi connectivity index (χ1v) is 15.3. The molecule has 1 unspecified atom stereocenters. The van der Waals surface area contributed by atoms with E-state index in [0.717, 1.165) is 27.7 Å². The first kappa shape index (κ1) is 29.9. The Hall–Kier alpha value is -4.17. The van der Waals surface area contributed by atoms with Crippen molar-refractivity contribution in [1.82, 2.24) is 19.8 Å². The molecule has 4 atom stereocenters. The Bertz CT molecular complexity index is 1640. The maximum Gasteiger partial charge on any atom is 0.319 e. The fourth-order valence-electron chi connectivity index (χ4n) is 6.53. The normalized spacial score (nSPS) is 22.6. The minimum atomic E-state index is -1.64. The van der Waals surface area contributed by atoms with Gasteiger partial charge in [-0.05, 0) is 37.8 Å². The van der Waals surface area contributed by atoms with Crippen molar-refractivity contribution in [2.24, 2.45) is 0 Å². The Morgan fingerprint density at radius 3 is 2.66 bits per heavy atom. The summed E-state index contributed by atoms with van der Waals surface area (Å²) < 4.78 is 20.3. The Labute approximate surface area is 260 Å². The molecule has 230 valence electrons. The van der Waals surface area contributed by atoms with Crippen molar-refractivity contribution in [2.75, 3.05) is 43.0 Å². The molecule has 2 amide bonds. The first-order chi connectivity index (χ1) is 21.2. The lowest BCUT2D eigenvalue weighted by molar-refractivity contribution is -0.138. The van der Waals surface area contributed by atoms with Gasteiger partial charge in [-0.3, -0.25) is 9.59 Å². The predicted octanol–water partition coefficient (Wildman–Crippen LogP) is 4.13. The molecule has 3 aromatic rings. The second-order valence-corrected chi connectivity index (χ2v) is 12.2. The summed E-state index contributed by atoms with van der Waals surface area (Å²) in [4.78, 5) is 42.2. The number of aromatic nitrogens is 2. The van der Waals surface area contributed by atoms with Crippen LogP contribution in [0.4, 0.5) is 15.9 Å². The number of hydrogen-bond donors (Lipinski definition) is 0. The van der Waals surface area contributed by atoms with Crippen LogP contribution in [0.1, 0.15) is 37.9 Å². The number of nitriles is 1. The number of carbonyl (C=O) groups excluding carboxylic acids is 2. The van der Waals surface area contributed by atoms with E-state index in [1.165, 1.54) is 11.8 Å². The van der Waals surface area contributed by atoms with Crippen molar-refractivity contribution in [2.45, 2.75) is 64.0 Å². The smallest absolute Gasteiger partial charge is 0.319 e. The lowest BCUT2D eigenvalue weighted by Crippen LogP contribution is -2.57. The summed E-state index contributed by atoms with van der Waals surface area (Å²) in [6.45, 7) is 5.38. The van der Waals surface area contributed by atoms with Crippen LogP contribution in [0.3, 0.4) is 0 Å². The number of ether oxygens (including phenoxy) is 1. The minimum Gasteiger partial charge on any atom is -0.457 e. The van der Waals surface area contributed by atoms with E-state index in [0.29, 0.717) is 43.4 Å². The maximum absolute atomic E-state index is 14.0.